The molecule has 1 aliphatic carbocycles. The van der Waals surface area contributed by atoms with Crippen LogP contribution < -0.4 is 5.19 Å². The Kier molecular flexibility index (Phi) is 5.35. The second-order valence-electron chi connectivity index (χ2n) is 7.36. The van der Waals surface area contributed by atoms with Crippen LogP contribution in [0, 0.1) is 0 Å². The fourth-order valence-corrected chi connectivity index (χ4v) is 5.95. The van der Waals surface area contributed by atoms with E-state index in [4.69, 9.17) is 4.43 Å². The summed E-state index contributed by atoms with van der Waals surface area (Å²) in [6.07, 6.45) is 7.21. The van der Waals surface area contributed by atoms with E-state index >= 15 is 0 Å². The molecule has 0 aliphatic heterocycles. The lowest BCUT2D eigenvalue weighted by molar-refractivity contribution is -0.124. The van der Waals surface area contributed by atoms with Gasteiger partial charge in [0, 0.05) is 12.8 Å². The number of carbonyl (C=O) groups is 1. The minimum Gasteiger partial charge on any atom is -0.404 e. The third-order valence-electron chi connectivity index (χ3n) is 4.86. The predicted octanol–water partition coefficient (Wildman–Crippen LogP) is 4.71. The molecule has 0 saturated heterocycles. The highest BCUT2D eigenvalue weighted by atomic mass is 28.4. The number of hydrogen-bond acceptors (Lipinski definition) is 2. The van der Waals surface area contributed by atoms with E-state index in [0.717, 1.165) is 18.4 Å². The summed E-state index contributed by atoms with van der Waals surface area (Å²) in [6, 6.07) is 20.7. The highest BCUT2D eigenvalue weighted by molar-refractivity contribution is 6.84. The van der Waals surface area contributed by atoms with Crippen LogP contribution in [-0.4, -0.2) is 19.7 Å². The van der Waals surface area contributed by atoms with Gasteiger partial charge in [0.1, 0.15) is 5.78 Å². The summed E-state index contributed by atoms with van der Waals surface area (Å²) in [7, 11) is -2.11. The first-order valence-electron chi connectivity index (χ1n) is 9.01. The van der Waals surface area contributed by atoms with Gasteiger partial charge in [-0.15, -0.1) is 0 Å². The second kappa shape index (κ2) is 7.50. The molecule has 3 heteroatoms. The van der Waals surface area contributed by atoms with Gasteiger partial charge < -0.3 is 4.43 Å². The van der Waals surface area contributed by atoms with Crippen LogP contribution in [0.1, 0.15) is 31.2 Å². The Hall–Kier alpha value is -1.97. The first-order valence-corrected chi connectivity index (χ1v) is 11.9. The largest absolute Gasteiger partial charge is 0.404 e. The molecule has 130 valence electrons. The zero-order valence-electron chi connectivity index (χ0n) is 15.1. The Bertz CT molecular complexity index is 737. The summed E-state index contributed by atoms with van der Waals surface area (Å²) < 4.78 is 6.78. The smallest absolute Gasteiger partial charge is 0.219 e. The summed E-state index contributed by atoms with van der Waals surface area (Å²) in [5.74, 6) is 0.307. The lowest BCUT2D eigenvalue weighted by Crippen LogP contribution is -2.53. The van der Waals surface area contributed by atoms with Crippen molar-refractivity contribution in [1.29, 1.82) is 0 Å². The lowest BCUT2D eigenvalue weighted by atomic mass is 9.83. The molecule has 0 unspecified atom stereocenters. The molecule has 0 N–H and O–H groups in total. The van der Waals surface area contributed by atoms with Crippen molar-refractivity contribution in [1.82, 2.24) is 0 Å². The third kappa shape index (κ3) is 4.56. The molecule has 2 aromatic carbocycles. The zero-order valence-corrected chi connectivity index (χ0v) is 16.1. The second-order valence-corrected chi connectivity index (χ2v) is 11.2. The van der Waals surface area contributed by atoms with Gasteiger partial charge in [-0.2, -0.15) is 0 Å². The van der Waals surface area contributed by atoms with Crippen molar-refractivity contribution in [3.05, 3.63) is 72.3 Å². The van der Waals surface area contributed by atoms with Crippen molar-refractivity contribution in [2.75, 3.05) is 0 Å². The Morgan fingerprint density at radius 3 is 2.28 bits per heavy atom. The Morgan fingerprint density at radius 2 is 1.64 bits per heavy atom. The summed E-state index contributed by atoms with van der Waals surface area (Å²) in [4.78, 5) is 12.2. The van der Waals surface area contributed by atoms with Gasteiger partial charge in [-0.25, -0.2) is 0 Å². The van der Waals surface area contributed by atoms with E-state index in [1.54, 1.807) is 0 Å². The molecule has 2 aromatic rings. The fraction of sp³-hybridized carbons (Fsp3) is 0.318. The molecule has 1 saturated carbocycles. The van der Waals surface area contributed by atoms with E-state index in [1.165, 1.54) is 5.19 Å². The molecule has 1 atom stereocenters. The van der Waals surface area contributed by atoms with Gasteiger partial charge in [0.25, 0.3) is 0 Å². The number of rotatable bonds is 5. The normalized spacial score (nSPS) is 21.6. The molecular weight excluding hydrogens is 324 g/mol. The molecule has 3 rings (SSSR count). The van der Waals surface area contributed by atoms with Crippen LogP contribution in [0.4, 0.5) is 0 Å². The first-order chi connectivity index (χ1) is 12.0. The maximum atomic E-state index is 12.2. The summed E-state index contributed by atoms with van der Waals surface area (Å²) >= 11 is 0. The van der Waals surface area contributed by atoms with Crippen molar-refractivity contribution in [3.8, 4) is 0 Å². The van der Waals surface area contributed by atoms with Crippen LogP contribution in [0.5, 0.6) is 0 Å². The van der Waals surface area contributed by atoms with Crippen LogP contribution in [0.15, 0.2) is 66.7 Å². The van der Waals surface area contributed by atoms with Crippen LogP contribution in [0.2, 0.25) is 13.1 Å². The summed E-state index contributed by atoms with van der Waals surface area (Å²) in [5.41, 5.74) is 0.666. The molecule has 0 bridgehead atoms. The van der Waals surface area contributed by atoms with Crippen molar-refractivity contribution >= 4 is 25.4 Å². The number of hydrogen-bond donors (Lipinski definition) is 0. The van der Waals surface area contributed by atoms with Crippen molar-refractivity contribution < 1.29 is 9.22 Å². The van der Waals surface area contributed by atoms with Gasteiger partial charge >= 0.3 is 0 Å². The van der Waals surface area contributed by atoms with Crippen LogP contribution >= 0.6 is 0 Å². The molecule has 0 spiro atoms. The lowest BCUT2D eigenvalue weighted by Gasteiger charge is -2.40. The third-order valence-corrected chi connectivity index (χ3v) is 7.50. The van der Waals surface area contributed by atoms with Gasteiger partial charge in [-0.05, 0) is 36.7 Å². The maximum absolute atomic E-state index is 12.2. The van der Waals surface area contributed by atoms with Crippen LogP contribution in [-0.2, 0) is 9.22 Å². The number of ketones is 1. The van der Waals surface area contributed by atoms with E-state index in [-0.39, 0.29) is 0 Å². The first kappa shape index (κ1) is 17.8. The van der Waals surface area contributed by atoms with Gasteiger partial charge in [-0.1, -0.05) is 72.8 Å². The van der Waals surface area contributed by atoms with Crippen molar-refractivity contribution in [2.45, 2.75) is 44.4 Å². The molecular formula is C22H26O2Si. The van der Waals surface area contributed by atoms with E-state index in [9.17, 15) is 4.79 Å². The van der Waals surface area contributed by atoms with Gasteiger partial charge in [0.15, 0.2) is 0 Å². The van der Waals surface area contributed by atoms with E-state index in [2.05, 4.69) is 61.6 Å². The van der Waals surface area contributed by atoms with E-state index in [1.807, 2.05) is 24.3 Å². The van der Waals surface area contributed by atoms with E-state index < -0.39 is 13.9 Å². The molecule has 1 aliphatic rings. The molecule has 1 fully saturated rings. The monoisotopic (exact) mass is 350 g/mol. The zero-order chi connectivity index (χ0) is 17.8. The Morgan fingerprint density at radius 1 is 1.00 bits per heavy atom. The number of Topliss-reactive ketones (excluding diaryl/α,β-unsaturated/α-hetero) is 1. The number of carbonyl (C=O) groups excluding carboxylic acids is 1. The number of benzene rings is 2. The summed E-state index contributed by atoms with van der Waals surface area (Å²) in [5, 5.41) is 1.26. The molecule has 2 nitrogen and oxygen atoms in total. The molecule has 0 heterocycles. The summed E-state index contributed by atoms with van der Waals surface area (Å²) in [6.45, 7) is 4.44. The average molecular weight is 351 g/mol. The predicted molar refractivity (Wildman–Crippen MR) is 106 cm³/mol. The molecule has 25 heavy (non-hydrogen) atoms. The van der Waals surface area contributed by atoms with E-state index in [0.29, 0.717) is 18.6 Å². The van der Waals surface area contributed by atoms with Crippen LogP contribution in [0.3, 0.4) is 0 Å². The van der Waals surface area contributed by atoms with Gasteiger partial charge in [-0.3, -0.25) is 4.79 Å². The highest BCUT2D eigenvalue weighted by Gasteiger charge is 2.40. The molecule has 0 amide bonds. The van der Waals surface area contributed by atoms with Crippen LogP contribution in [0.25, 0.3) is 6.08 Å². The molecule has 0 radical (unpaired) electrons. The minimum absolute atomic E-state index is 0.307. The molecule has 0 aromatic heterocycles. The minimum atomic E-state index is -2.11. The highest BCUT2D eigenvalue weighted by Crippen LogP contribution is 2.34. The Labute approximate surface area is 151 Å². The van der Waals surface area contributed by atoms with Gasteiger partial charge in [0.05, 0.1) is 5.60 Å². The topological polar surface area (TPSA) is 26.3 Å². The maximum Gasteiger partial charge on any atom is 0.219 e. The Balaban J connectivity index is 1.89. The quantitative estimate of drug-likeness (QED) is 0.730. The standard InChI is InChI=1S/C22H26O2Si/c1-25(2,21-13-7-4-8-14-21)24-22(16-9-12-20(23)18-22)17-15-19-10-5-3-6-11-19/h3-8,10-11,13-15,17H,9,12,16,18H2,1-2H3/b17-15-/t22-/m1/s1. The fourth-order valence-electron chi connectivity index (χ4n) is 3.58. The van der Waals surface area contributed by atoms with Crippen molar-refractivity contribution in [2.24, 2.45) is 0 Å². The average Bonchev–Trinajstić information content (AvgIpc) is 2.61. The van der Waals surface area contributed by atoms with Crippen molar-refractivity contribution in [3.63, 3.8) is 0 Å². The van der Waals surface area contributed by atoms with Gasteiger partial charge in [0.2, 0.25) is 8.32 Å². The SMILES string of the molecule is C[Si](C)(O[C@@]1(/C=C\c2ccccc2)CCCC(=O)C1)c1ccccc1.